The van der Waals surface area contributed by atoms with Gasteiger partial charge in [-0.3, -0.25) is 9.59 Å². The van der Waals surface area contributed by atoms with Crippen molar-refractivity contribution in [3.05, 3.63) is 81.0 Å². The van der Waals surface area contributed by atoms with E-state index in [4.69, 9.17) is 0 Å². The summed E-state index contributed by atoms with van der Waals surface area (Å²) in [6.07, 6.45) is 0. The molecule has 4 nitrogen and oxygen atoms in total. The van der Waals surface area contributed by atoms with Crippen molar-refractivity contribution in [2.24, 2.45) is 0 Å². The maximum Gasteiger partial charge on any atom is 0.265 e. The monoisotopic (exact) mass is 400 g/mol. The van der Waals surface area contributed by atoms with E-state index in [1.807, 2.05) is 35.7 Å². The minimum Gasteiger partial charge on any atom is -0.322 e. The average Bonchev–Trinajstić information content (AvgIpc) is 3.12. The number of rotatable bonds is 4. The number of hydrogen-bond donors (Lipinski definition) is 2. The van der Waals surface area contributed by atoms with Gasteiger partial charge in [0, 0.05) is 21.4 Å². The largest absolute Gasteiger partial charge is 0.322 e. The van der Waals surface area contributed by atoms with Gasteiger partial charge in [0.05, 0.1) is 4.88 Å². The van der Waals surface area contributed by atoms with Crippen molar-refractivity contribution in [1.29, 1.82) is 0 Å². The Hall–Kier alpha value is -2.44. The van der Waals surface area contributed by atoms with E-state index in [-0.39, 0.29) is 11.8 Å². The zero-order chi connectivity index (χ0) is 16.9. The highest BCUT2D eigenvalue weighted by Gasteiger charge is 2.10. The van der Waals surface area contributed by atoms with Crippen LogP contribution in [0.5, 0.6) is 0 Å². The normalized spacial score (nSPS) is 10.2. The number of carbonyl (C=O) groups excluding carboxylic acids is 2. The predicted octanol–water partition coefficient (Wildman–Crippen LogP) is 5.02. The molecule has 2 aromatic carbocycles. The van der Waals surface area contributed by atoms with E-state index in [1.165, 1.54) is 11.3 Å². The van der Waals surface area contributed by atoms with Gasteiger partial charge in [-0.15, -0.1) is 11.3 Å². The third-order valence-electron chi connectivity index (χ3n) is 3.23. The first-order chi connectivity index (χ1) is 11.6. The lowest BCUT2D eigenvalue weighted by Crippen LogP contribution is -2.14. The van der Waals surface area contributed by atoms with Gasteiger partial charge >= 0.3 is 0 Å². The van der Waals surface area contributed by atoms with Gasteiger partial charge in [-0.2, -0.15) is 0 Å². The molecule has 24 heavy (non-hydrogen) atoms. The lowest BCUT2D eigenvalue weighted by molar-refractivity contribution is 0.101. The fourth-order valence-electron chi connectivity index (χ4n) is 2.08. The second-order valence-corrected chi connectivity index (χ2v) is 6.84. The number of anilines is 2. The molecule has 2 N–H and O–H groups in total. The maximum absolute atomic E-state index is 12.3. The SMILES string of the molecule is O=C(Nc1ccc(Br)cc1)c1cccc(NC(=O)c2cccs2)c1. The van der Waals surface area contributed by atoms with Gasteiger partial charge in [0.1, 0.15) is 0 Å². The van der Waals surface area contributed by atoms with Crippen molar-refractivity contribution in [1.82, 2.24) is 0 Å². The molecule has 2 amide bonds. The molecule has 120 valence electrons. The Balaban J connectivity index is 1.71. The van der Waals surface area contributed by atoms with E-state index in [9.17, 15) is 9.59 Å². The molecule has 3 rings (SSSR count). The van der Waals surface area contributed by atoms with Crippen molar-refractivity contribution in [3.8, 4) is 0 Å². The molecular formula is C18H13BrN2O2S. The van der Waals surface area contributed by atoms with Gasteiger partial charge in [0.25, 0.3) is 11.8 Å². The van der Waals surface area contributed by atoms with E-state index in [1.54, 1.807) is 30.3 Å². The van der Waals surface area contributed by atoms with Crippen molar-refractivity contribution < 1.29 is 9.59 Å². The molecule has 1 heterocycles. The van der Waals surface area contributed by atoms with Crippen LogP contribution in [-0.4, -0.2) is 11.8 Å². The molecular weight excluding hydrogens is 388 g/mol. The maximum atomic E-state index is 12.3. The number of amides is 2. The van der Waals surface area contributed by atoms with Crippen molar-refractivity contribution >= 4 is 50.5 Å². The molecule has 0 spiro atoms. The second-order valence-electron chi connectivity index (χ2n) is 4.97. The molecule has 0 aliphatic rings. The Kier molecular flexibility index (Phi) is 5.08. The third kappa shape index (κ3) is 4.10. The number of hydrogen-bond acceptors (Lipinski definition) is 3. The lowest BCUT2D eigenvalue weighted by Gasteiger charge is -2.08. The van der Waals surface area contributed by atoms with E-state index in [0.29, 0.717) is 21.8 Å². The quantitative estimate of drug-likeness (QED) is 0.645. The van der Waals surface area contributed by atoms with Crippen LogP contribution in [-0.2, 0) is 0 Å². The topological polar surface area (TPSA) is 58.2 Å². The van der Waals surface area contributed by atoms with Gasteiger partial charge in [-0.1, -0.05) is 28.1 Å². The van der Waals surface area contributed by atoms with Crippen LogP contribution in [0.15, 0.2) is 70.5 Å². The number of nitrogens with one attached hydrogen (secondary N) is 2. The number of halogens is 1. The minimum atomic E-state index is -0.232. The van der Waals surface area contributed by atoms with Crippen LogP contribution in [0.3, 0.4) is 0 Å². The van der Waals surface area contributed by atoms with Crippen molar-refractivity contribution in [2.45, 2.75) is 0 Å². The predicted molar refractivity (Wildman–Crippen MR) is 101 cm³/mol. The van der Waals surface area contributed by atoms with Gasteiger partial charge in [-0.25, -0.2) is 0 Å². The van der Waals surface area contributed by atoms with Crippen LogP contribution >= 0.6 is 27.3 Å². The summed E-state index contributed by atoms with van der Waals surface area (Å²) in [5.41, 5.74) is 1.76. The van der Waals surface area contributed by atoms with Gasteiger partial charge in [0.15, 0.2) is 0 Å². The molecule has 6 heteroatoms. The fraction of sp³-hybridized carbons (Fsp3) is 0. The number of carbonyl (C=O) groups is 2. The highest BCUT2D eigenvalue weighted by atomic mass is 79.9. The molecule has 0 bridgehead atoms. The molecule has 0 unspecified atom stereocenters. The molecule has 0 radical (unpaired) electrons. The van der Waals surface area contributed by atoms with Gasteiger partial charge in [0.2, 0.25) is 0 Å². The first kappa shape index (κ1) is 16.4. The summed E-state index contributed by atoms with van der Waals surface area (Å²) in [7, 11) is 0. The standard InChI is InChI=1S/C18H13BrN2O2S/c19-13-6-8-14(9-7-13)20-17(22)12-3-1-4-15(11-12)21-18(23)16-5-2-10-24-16/h1-11H,(H,20,22)(H,21,23). The smallest absolute Gasteiger partial charge is 0.265 e. The molecule has 0 saturated heterocycles. The molecule has 0 atom stereocenters. The number of benzene rings is 2. The van der Waals surface area contributed by atoms with Crippen LogP contribution in [0.25, 0.3) is 0 Å². The van der Waals surface area contributed by atoms with E-state index < -0.39 is 0 Å². The summed E-state index contributed by atoms with van der Waals surface area (Å²) in [6.45, 7) is 0. The Morgan fingerprint density at radius 3 is 2.29 bits per heavy atom. The van der Waals surface area contributed by atoms with E-state index in [0.717, 1.165) is 4.47 Å². The van der Waals surface area contributed by atoms with Crippen LogP contribution in [0.2, 0.25) is 0 Å². The summed E-state index contributed by atoms with van der Waals surface area (Å²) in [4.78, 5) is 25.0. The lowest BCUT2D eigenvalue weighted by atomic mass is 10.1. The molecule has 0 aliphatic carbocycles. The Labute approximate surface area is 151 Å². The zero-order valence-corrected chi connectivity index (χ0v) is 14.9. The highest BCUT2D eigenvalue weighted by Crippen LogP contribution is 2.18. The third-order valence-corrected chi connectivity index (χ3v) is 4.63. The molecule has 0 aliphatic heterocycles. The van der Waals surface area contributed by atoms with Crippen LogP contribution in [0.1, 0.15) is 20.0 Å². The fourth-order valence-corrected chi connectivity index (χ4v) is 2.96. The summed E-state index contributed by atoms with van der Waals surface area (Å²) < 4.78 is 0.943. The second kappa shape index (κ2) is 7.42. The summed E-state index contributed by atoms with van der Waals surface area (Å²) >= 11 is 4.72. The van der Waals surface area contributed by atoms with Crippen LogP contribution < -0.4 is 10.6 Å². The van der Waals surface area contributed by atoms with Gasteiger partial charge < -0.3 is 10.6 Å². The average molecular weight is 401 g/mol. The summed E-state index contributed by atoms with van der Waals surface area (Å²) in [5.74, 6) is -0.417. The zero-order valence-electron chi connectivity index (χ0n) is 12.5. The van der Waals surface area contributed by atoms with Crippen LogP contribution in [0, 0.1) is 0 Å². The summed E-state index contributed by atoms with van der Waals surface area (Å²) in [5, 5.41) is 7.46. The Bertz CT molecular complexity index is 861. The van der Waals surface area contributed by atoms with Gasteiger partial charge in [-0.05, 0) is 53.9 Å². The molecule has 1 aromatic heterocycles. The van der Waals surface area contributed by atoms with Crippen molar-refractivity contribution in [2.75, 3.05) is 10.6 Å². The first-order valence-electron chi connectivity index (χ1n) is 7.14. The summed E-state index contributed by atoms with van der Waals surface area (Å²) in [6, 6.07) is 17.7. The molecule has 0 saturated carbocycles. The van der Waals surface area contributed by atoms with E-state index in [2.05, 4.69) is 26.6 Å². The minimum absolute atomic E-state index is 0.185. The molecule has 0 fully saturated rings. The highest BCUT2D eigenvalue weighted by molar-refractivity contribution is 9.10. The Morgan fingerprint density at radius 1 is 0.833 bits per heavy atom. The Morgan fingerprint density at radius 2 is 1.58 bits per heavy atom. The van der Waals surface area contributed by atoms with E-state index >= 15 is 0 Å². The first-order valence-corrected chi connectivity index (χ1v) is 8.81. The number of thiophene rings is 1. The molecule has 3 aromatic rings. The van der Waals surface area contributed by atoms with Crippen molar-refractivity contribution in [3.63, 3.8) is 0 Å². The van der Waals surface area contributed by atoms with Crippen LogP contribution in [0.4, 0.5) is 11.4 Å².